The van der Waals surface area contributed by atoms with Crippen LogP contribution in [-0.2, 0) is 4.74 Å². The van der Waals surface area contributed by atoms with E-state index in [2.05, 4.69) is 57.6 Å². The van der Waals surface area contributed by atoms with Crippen molar-refractivity contribution in [1.82, 2.24) is 5.32 Å². The molecular formula is C15H14BrNO. The van der Waals surface area contributed by atoms with Gasteiger partial charge >= 0.3 is 0 Å². The van der Waals surface area contributed by atoms with Crippen molar-refractivity contribution in [3.05, 3.63) is 70.2 Å². The first-order valence-electron chi connectivity index (χ1n) is 6.01. The Morgan fingerprint density at radius 3 is 2.39 bits per heavy atom. The molecule has 3 rings (SSSR count). The lowest BCUT2D eigenvalue weighted by atomic mass is 10.1. The second-order valence-corrected chi connectivity index (χ2v) is 5.31. The van der Waals surface area contributed by atoms with E-state index in [0.717, 1.165) is 10.0 Å². The van der Waals surface area contributed by atoms with Gasteiger partial charge in [0.1, 0.15) is 6.23 Å². The second kappa shape index (κ2) is 5.22. The Morgan fingerprint density at radius 2 is 1.67 bits per heavy atom. The predicted molar refractivity (Wildman–Crippen MR) is 75.2 cm³/mol. The van der Waals surface area contributed by atoms with Crippen molar-refractivity contribution >= 4 is 15.9 Å². The van der Waals surface area contributed by atoms with Crippen LogP contribution in [0.15, 0.2) is 59.1 Å². The van der Waals surface area contributed by atoms with Crippen LogP contribution in [0, 0.1) is 0 Å². The molecule has 1 aliphatic heterocycles. The maximum absolute atomic E-state index is 5.82. The minimum Gasteiger partial charge on any atom is -0.357 e. The highest BCUT2D eigenvalue weighted by Crippen LogP contribution is 2.28. The first kappa shape index (κ1) is 11.9. The quantitative estimate of drug-likeness (QED) is 0.911. The highest BCUT2D eigenvalue weighted by Gasteiger charge is 2.26. The summed E-state index contributed by atoms with van der Waals surface area (Å²) < 4.78 is 6.91. The third-order valence-corrected chi connectivity index (χ3v) is 3.69. The van der Waals surface area contributed by atoms with Crippen LogP contribution >= 0.6 is 15.9 Å². The number of hydrogen-bond donors (Lipinski definition) is 1. The molecule has 2 atom stereocenters. The van der Waals surface area contributed by atoms with Crippen LogP contribution in [0.4, 0.5) is 0 Å². The number of halogens is 1. The van der Waals surface area contributed by atoms with Gasteiger partial charge in [0.2, 0.25) is 0 Å². The fourth-order valence-electron chi connectivity index (χ4n) is 2.18. The number of nitrogens with one attached hydrogen (secondary N) is 1. The molecule has 0 saturated carbocycles. The fourth-order valence-corrected chi connectivity index (χ4v) is 2.44. The first-order chi connectivity index (χ1) is 8.83. The van der Waals surface area contributed by atoms with Crippen LogP contribution in [0.1, 0.15) is 23.4 Å². The molecule has 1 saturated heterocycles. The zero-order valence-electron chi connectivity index (χ0n) is 9.84. The molecule has 0 bridgehead atoms. The number of rotatable bonds is 2. The normalized spacial score (nSPS) is 23.2. The van der Waals surface area contributed by atoms with Crippen molar-refractivity contribution in [3.8, 4) is 0 Å². The Kier molecular flexibility index (Phi) is 3.46. The van der Waals surface area contributed by atoms with E-state index in [1.807, 2.05) is 18.2 Å². The van der Waals surface area contributed by atoms with Crippen molar-refractivity contribution in [2.24, 2.45) is 0 Å². The smallest absolute Gasteiger partial charge is 0.134 e. The average Bonchev–Trinajstić information content (AvgIpc) is 2.90. The number of ether oxygens (including phenoxy) is 1. The van der Waals surface area contributed by atoms with Gasteiger partial charge < -0.3 is 4.74 Å². The molecule has 92 valence electrons. The molecular weight excluding hydrogens is 290 g/mol. The van der Waals surface area contributed by atoms with E-state index in [-0.39, 0.29) is 12.3 Å². The molecule has 0 aliphatic carbocycles. The van der Waals surface area contributed by atoms with E-state index in [4.69, 9.17) is 4.74 Å². The Labute approximate surface area is 115 Å². The molecule has 0 radical (unpaired) electrons. The fraction of sp³-hybridized carbons (Fsp3) is 0.200. The van der Waals surface area contributed by atoms with Gasteiger partial charge in [0.05, 0.1) is 12.6 Å². The van der Waals surface area contributed by atoms with E-state index in [9.17, 15) is 0 Å². The van der Waals surface area contributed by atoms with Crippen molar-refractivity contribution in [3.63, 3.8) is 0 Å². The molecule has 1 fully saturated rings. The lowest BCUT2D eigenvalue weighted by Crippen LogP contribution is -2.18. The van der Waals surface area contributed by atoms with E-state index in [0.29, 0.717) is 6.61 Å². The van der Waals surface area contributed by atoms with Gasteiger partial charge in [0.25, 0.3) is 0 Å². The minimum atomic E-state index is -0.0108. The summed E-state index contributed by atoms with van der Waals surface area (Å²) in [6.45, 7) is 0.713. The van der Waals surface area contributed by atoms with Gasteiger partial charge in [-0.3, -0.25) is 5.32 Å². The first-order valence-corrected chi connectivity index (χ1v) is 6.80. The van der Waals surface area contributed by atoms with E-state index >= 15 is 0 Å². The topological polar surface area (TPSA) is 21.3 Å². The molecule has 1 N–H and O–H groups in total. The van der Waals surface area contributed by atoms with Gasteiger partial charge in [-0.1, -0.05) is 58.4 Å². The van der Waals surface area contributed by atoms with Crippen LogP contribution in [0.2, 0.25) is 0 Å². The van der Waals surface area contributed by atoms with Crippen molar-refractivity contribution in [2.75, 3.05) is 6.61 Å². The zero-order chi connectivity index (χ0) is 12.4. The van der Waals surface area contributed by atoms with Crippen LogP contribution in [0.5, 0.6) is 0 Å². The van der Waals surface area contributed by atoms with E-state index in [1.165, 1.54) is 5.56 Å². The van der Waals surface area contributed by atoms with E-state index in [1.54, 1.807) is 0 Å². The Balaban J connectivity index is 1.74. The summed E-state index contributed by atoms with van der Waals surface area (Å²) in [6.07, 6.45) is -0.0108. The Hall–Kier alpha value is -1.16. The van der Waals surface area contributed by atoms with Crippen molar-refractivity contribution in [1.29, 1.82) is 0 Å². The predicted octanol–water partition coefficient (Wildman–Crippen LogP) is 3.81. The lowest BCUT2D eigenvalue weighted by molar-refractivity contribution is 0.101. The molecule has 1 heterocycles. The lowest BCUT2D eigenvalue weighted by Gasteiger charge is -2.12. The molecule has 18 heavy (non-hydrogen) atoms. The summed E-state index contributed by atoms with van der Waals surface area (Å²) in [4.78, 5) is 0. The highest BCUT2D eigenvalue weighted by molar-refractivity contribution is 9.10. The molecule has 2 aromatic rings. The summed E-state index contributed by atoms with van der Waals surface area (Å²) in [5, 5.41) is 3.51. The number of benzene rings is 2. The molecule has 0 spiro atoms. The van der Waals surface area contributed by atoms with Gasteiger partial charge in [-0.2, -0.15) is 0 Å². The third kappa shape index (κ3) is 2.48. The Bertz CT molecular complexity index is 512. The van der Waals surface area contributed by atoms with Gasteiger partial charge in [-0.15, -0.1) is 0 Å². The maximum Gasteiger partial charge on any atom is 0.134 e. The van der Waals surface area contributed by atoms with Gasteiger partial charge in [-0.25, -0.2) is 0 Å². The molecule has 1 aliphatic rings. The van der Waals surface area contributed by atoms with Crippen LogP contribution < -0.4 is 5.32 Å². The summed E-state index contributed by atoms with van der Waals surface area (Å²) in [7, 11) is 0. The molecule has 2 nitrogen and oxygen atoms in total. The Morgan fingerprint density at radius 1 is 0.944 bits per heavy atom. The summed E-state index contributed by atoms with van der Waals surface area (Å²) >= 11 is 3.44. The van der Waals surface area contributed by atoms with Crippen molar-refractivity contribution < 1.29 is 4.74 Å². The highest BCUT2D eigenvalue weighted by atomic mass is 79.9. The summed E-state index contributed by atoms with van der Waals surface area (Å²) in [6, 6.07) is 18.9. The molecule has 0 aromatic heterocycles. The zero-order valence-corrected chi connectivity index (χ0v) is 11.4. The van der Waals surface area contributed by atoms with Crippen LogP contribution in [0.25, 0.3) is 0 Å². The van der Waals surface area contributed by atoms with Crippen LogP contribution in [0.3, 0.4) is 0 Å². The monoisotopic (exact) mass is 303 g/mol. The maximum atomic E-state index is 5.82. The molecule has 3 heteroatoms. The molecule has 0 amide bonds. The largest absolute Gasteiger partial charge is 0.357 e. The summed E-state index contributed by atoms with van der Waals surface area (Å²) in [5.41, 5.74) is 2.44. The molecule has 2 aromatic carbocycles. The standard InChI is InChI=1S/C15H14BrNO/c16-13-8-6-12(7-9-13)15-17-14(10-18-15)11-4-2-1-3-5-11/h1-9,14-15,17H,10H2/t14-,15-/m0/s1. The van der Waals surface area contributed by atoms with Crippen LogP contribution in [-0.4, -0.2) is 6.61 Å². The SMILES string of the molecule is Brc1ccc([C@H]2N[C@H](c3ccccc3)CO2)cc1. The third-order valence-electron chi connectivity index (χ3n) is 3.16. The van der Waals surface area contributed by atoms with Crippen molar-refractivity contribution in [2.45, 2.75) is 12.3 Å². The minimum absolute atomic E-state index is 0.0108. The van der Waals surface area contributed by atoms with Gasteiger partial charge in [-0.05, 0) is 23.3 Å². The second-order valence-electron chi connectivity index (χ2n) is 4.39. The summed E-state index contributed by atoms with van der Waals surface area (Å²) in [5.74, 6) is 0. The van der Waals surface area contributed by atoms with Gasteiger partial charge in [0, 0.05) is 4.47 Å². The number of hydrogen-bond acceptors (Lipinski definition) is 2. The van der Waals surface area contributed by atoms with Gasteiger partial charge in [0.15, 0.2) is 0 Å². The van der Waals surface area contributed by atoms with E-state index < -0.39 is 0 Å². The average molecular weight is 304 g/mol. The molecule has 0 unspecified atom stereocenters.